The van der Waals surface area contributed by atoms with Gasteiger partial charge in [0.25, 0.3) is 5.91 Å². The molecule has 0 spiro atoms. The minimum absolute atomic E-state index is 0.145. The van der Waals surface area contributed by atoms with Crippen LogP contribution < -0.4 is 16.4 Å². The van der Waals surface area contributed by atoms with Gasteiger partial charge in [-0.3, -0.25) is 14.8 Å². The Hall–Kier alpha value is -3.00. The highest BCUT2D eigenvalue weighted by Gasteiger charge is 2.33. The third kappa shape index (κ3) is 8.43. The molecule has 0 radical (unpaired) electrons. The van der Waals surface area contributed by atoms with Crippen LogP contribution in [-0.4, -0.2) is 33.6 Å². The number of aromatic nitrogens is 2. The summed E-state index contributed by atoms with van der Waals surface area (Å²) in [5, 5.41) is 22.8. The molecule has 1 heterocycles. The van der Waals surface area contributed by atoms with Crippen LogP contribution >= 0.6 is 0 Å². The normalized spacial score (nSPS) is 19.0. The zero-order valence-corrected chi connectivity index (χ0v) is 28.7. The predicted octanol–water partition coefficient (Wildman–Crippen LogP) is 8.60. The first-order valence-corrected chi connectivity index (χ1v) is 17.4. The van der Waals surface area contributed by atoms with Crippen molar-refractivity contribution in [3.05, 3.63) is 70.4 Å². The smallest absolute Gasteiger partial charge is 0.255 e. The van der Waals surface area contributed by atoms with Crippen LogP contribution in [0.5, 0.6) is 0 Å². The highest BCUT2D eigenvalue weighted by molar-refractivity contribution is 6.05. The lowest BCUT2D eigenvalue weighted by Gasteiger charge is -2.34. The molecule has 45 heavy (non-hydrogen) atoms. The Kier molecular flexibility index (Phi) is 12.4. The molecule has 0 aliphatic heterocycles. The molecule has 1 aliphatic carbocycles. The number of nitrogens with zero attached hydrogens (tertiary/aromatic N) is 2. The molecule has 1 saturated carbocycles. The Labute approximate surface area is 271 Å². The van der Waals surface area contributed by atoms with Crippen molar-refractivity contribution in [1.82, 2.24) is 15.1 Å². The maximum atomic E-state index is 13.4. The molecule has 2 aromatic carbocycles. The second kappa shape index (κ2) is 16.0. The van der Waals surface area contributed by atoms with Crippen LogP contribution in [0.2, 0.25) is 0 Å². The molecular formula is C38H57N5O2. The number of unbranched alkanes of at least 4 members (excludes halogenated alkanes) is 2. The number of aliphatic hydroxyl groups excluding tert-OH is 1. The van der Waals surface area contributed by atoms with Crippen LogP contribution in [0.25, 0.3) is 11.3 Å². The Morgan fingerprint density at radius 2 is 1.87 bits per heavy atom. The minimum atomic E-state index is -0.500. The van der Waals surface area contributed by atoms with E-state index in [2.05, 4.69) is 62.9 Å². The average molecular weight is 616 g/mol. The number of amides is 1. The van der Waals surface area contributed by atoms with E-state index in [1.165, 1.54) is 29.7 Å². The van der Waals surface area contributed by atoms with Gasteiger partial charge in [-0.25, -0.2) is 0 Å². The molecule has 1 amide bonds. The lowest BCUT2D eigenvalue weighted by molar-refractivity contribution is 0.0417. The van der Waals surface area contributed by atoms with Gasteiger partial charge in [-0.1, -0.05) is 72.1 Å². The molecule has 1 aliphatic rings. The maximum absolute atomic E-state index is 13.4. The van der Waals surface area contributed by atoms with Crippen molar-refractivity contribution in [2.75, 3.05) is 11.9 Å². The Balaban J connectivity index is 1.64. The predicted molar refractivity (Wildman–Crippen MR) is 187 cm³/mol. The first kappa shape index (κ1) is 34.9. The van der Waals surface area contributed by atoms with E-state index in [1.807, 2.05) is 43.3 Å². The molecule has 4 unspecified atom stereocenters. The highest BCUT2D eigenvalue weighted by atomic mass is 16.3. The summed E-state index contributed by atoms with van der Waals surface area (Å²) in [6.07, 6.45) is 7.88. The van der Waals surface area contributed by atoms with E-state index in [1.54, 1.807) is 0 Å². The molecule has 1 fully saturated rings. The van der Waals surface area contributed by atoms with E-state index in [-0.39, 0.29) is 29.8 Å². The highest BCUT2D eigenvalue weighted by Crippen LogP contribution is 2.41. The summed E-state index contributed by atoms with van der Waals surface area (Å²) in [6.45, 7) is 16.0. The molecular weight excluding hydrogens is 558 g/mol. The molecule has 1 aromatic heterocycles. The van der Waals surface area contributed by atoms with Crippen molar-refractivity contribution in [2.24, 2.45) is 11.7 Å². The van der Waals surface area contributed by atoms with Gasteiger partial charge in [-0.2, -0.15) is 5.10 Å². The van der Waals surface area contributed by atoms with Crippen LogP contribution in [0.15, 0.2) is 42.5 Å². The Bertz CT molecular complexity index is 1410. The summed E-state index contributed by atoms with van der Waals surface area (Å²) >= 11 is 0. The van der Waals surface area contributed by atoms with Crippen LogP contribution in [-0.2, 0) is 0 Å². The summed E-state index contributed by atoms with van der Waals surface area (Å²) in [5.74, 6) is 0.746. The van der Waals surface area contributed by atoms with Gasteiger partial charge in [0.1, 0.15) is 6.23 Å². The summed E-state index contributed by atoms with van der Waals surface area (Å²) in [7, 11) is 0. The molecule has 246 valence electrons. The average Bonchev–Trinajstić information content (AvgIpc) is 3.44. The van der Waals surface area contributed by atoms with Crippen molar-refractivity contribution in [1.29, 1.82) is 0 Å². The number of carbonyl (C=O) groups excluding carboxylic acids is 1. The second-order valence-corrected chi connectivity index (χ2v) is 13.6. The van der Waals surface area contributed by atoms with Gasteiger partial charge in [0.15, 0.2) is 0 Å². The molecule has 0 saturated heterocycles. The molecule has 4 rings (SSSR count). The first-order chi connectivity index (χ1) is 21.5. The van der Waals surface area contributed by atoms with Crippen molar-refractivity contribution in [3.8, 4) is 11.3 Å². The molecule has 0 bridgehead atoms. The number of carbonyl (C=O) groups is 1. The van der Waals surface area contributed by atoms with Crippen LogP contribution in [0, 0.1) is 12.8 Å². The van der Waals surface area contributed by atoms with E-state index < -0.39 is 6.23 Å². The number of nitrogens with two attached hydrogens (primary N) is 1. The van der Waals surface area contributed by atoms with Crippen molar-refractivity contribution < 1.29 is 9.90 Å². The lowest BCUT2D eigenvalue weighted by atomic mass is 9.84. The number of anilines is 1. The number of rotatable bonds is 14. The lowest BCUT2D eigenvalue weighted by Crippen LogP contribution is -2.39. The van der Waals surface area contributed by atoms with Gasteiger partial charge in [0.05, 0.1) is 11.7 Å². The quantitative estimate of drug-likeness (QED) is 0.107. The zero-order valence-electron chi connectivity index (χ0n) is 28.7. The Morgan fingerprint density at radius 3 is 2.53 bits per heavy atom. The van der Waals surface area contributed by atoms with Crippen LogP contribution in [0.1, 0.15) is 150 Å². The summed E-state index contributed by atoms with van der Waals surface area (Å²) in [6, 6.07) is 13.9. The fourth-order valence-corrected chi connectivity index (χ4v) is 7.00. The number of benzene rings is 2. The van der Waals surface area contributed by atoms with Crippen molar-refractivity contribution in [2.45, 2.75) is 130 Å². The van der Waals surface area contributed by atoms with Gasteiger partial charge in [-0.15, -0.1) is 0 Å². The second-order valence-electron chi connectivity index (χ2n) is 13.6. The number of hydrogen-bond acceptors (Lipinski definition) is 5. The fourth-order valence-electron chi connectivity index (χ4n) is 7.00. The van der Waals surface area contributed by atoms with Crippen molar-refractivity contribution in [3.63, 3.8) is 0 Å². The molecule has 5 atom stereocenters. The standard InChI is InChI=1S/C38H57N5O2/c1-8-10-11-20-40-37(44)30-16-13-17-32(23-30)43-36(25(5)9-2)34(27(7)39)35(42-43)28-14-12-15-29(22-28)38(45)41-31-18-19-33(24(3)4)26(6)21-31/h12,14-15,18-19,21-22,24-25,27,30,32,37,40,44H,8-11,13,16-17,20,23,39H2,1-7H3,(H,41,45)/t25?,27?,30?,32-,37?/m1/s1. The van der Waals surface area contributed by atoms with Gasteiger partial charge < -0.3 is 16.2 Å². The largest absolute Gasteiger partial charge is 0.378 e. The third-order valence-electron chi connectivity index (χ3n) is 9.68. The van der Waals surface area contributed by atoms with E-state index in [9.17, 15) is 9.90 Å². The summed E-state index contributed by atoms with van der Waals surface area (Å²) < 4.78 is 2.24. The SMILES string of the molecule is CCCCCNC(O)C1CCC[C@@H](n2nc(-c3cccc(C(=O)Nc4ccc(C(C)C)c(C)c4)c3)c(C(C)N)c2C(C)CC)C1. The van der Waals surface area contributed by atoms with Crippen molar-refractivity contribution >= 4 is 11.6 Å². The fraction of sp³-hybridized carbons (Fsp3) is 0.579. The summed E-state index contributed by atoms with van der Waals surface area (Å²) in [4.78, 5) is 13.4. The number of aryl methyl sites for hydroxylation is 1. The van der Waals surface area contributed by atoms with E-state index in [4.69, 9.17) is 10.8 Å². The monoisotopic (exact) mass is 615 g/mol. The number of nitrogens with one attached hydrogen (secondary N) is 2. The minimum Gasteiger partial charge on any atom is -0.378 e. The van der Waals surface area contributed by atoms with E-state index in [0.29, 0.717) is 11.5 Å². The van der Waals surface area contributed by atoms with Gasteiger partial charge >= 0.3 is 0 Å². The molecule has 3 aromatic rings. The topological polar surface area (TPSA) is 105 Å². The molecule has 7 heteroatoms. The van der Waals surface area contributed by atoms with E-state index in [0.717, 1.165) is 67.6 Å². The number of aliphatic hydroxyl groups is 1. The maximum Gasteiger partial charge on any atom is 0.255 e. The van der Waals surface area contributed by atoms with Gasteiger partial charge in [-0.05, 0) is 99.7 Å². The third-order valence-corrected chi connectivity index (χ3v) is 9.68. The van der Waals surface area contributed by atoms with Gasteiger partial charge in [0, 0.05) is 40.0 Å². The molecule has 5 N–H and O–H groups in total. The number of hydrogen-bond donors (Lipinski definition) is 4. The zero-order chi connectivity index (χ0) is 32.7. The van der Waals surface area contributed by atoms with Crippen LogP contribution in [0.4, 0.5) is 5.69 Å². The van der Waals surface area contributed by atoms with Crippen LogP contribution in [0.3, 0.4) is 0 Å². The Morgan fingerprint density at radius 1 is 1.09 bits per heavy atom. The van der Waals surface area contributed by atoms with E-state index >= 15 is 0 Å². The van der Waals surface area contributed by atoms with Gasteiger partial charge in [0.2, 0.25) is 0 Å². The summed E-state index contributed by atoms with van der Waals surface area (Å²) in [5.41, 5.74) is 14.5. The molecule has 7 nitrogen and oxygen atoms in total. The first-order valence-electron chi connectivity index (χ1n) is 17.4.